The molecule has 3 rings (SSSR count). The quantitative estimate of drug-likeness (QED) is 0.176. The highest BCUT2D eigenvalue weighted by molar-refractivity contribution is 5.41. The zero-order valence-electron chi connectivity index (χ0n) is 15.7. The Morgan fingerprint density at radius 2 is 1.67 bits per heavy atom. The van der Waals surface area contributed by atoms with Crippen LogP contribution in [0.1, 0.15) is 32.6 Å². The van der Waals surface area contributed by atoms with Gasteiger partial charge in [0.1, 0.15) is 29.9 Å². The fraction of sp³-hybridized carbons (Fsp3) is 0.429. The lowest BCUT2D eigenvalue weighted by Gasteiger charge is -2.06. The standard InChI is InChI=1S/C21H26N2O4/c1-2-3-4-5-14-25-19-10-6-17(7-11-19)22-23(24)18-8-12-20(13-9-18)26-15-21-16-27-21/h6-13,21H,2-5,14-16H2,1H3. The summed E-state index contributed by atoms with van der Waals surface area (Å²) in [6.07, 6.45) is 4.91. The molecule has 1 fully saturated rings. The van der Waals surface area contributed by atoms with Crippen molar-refractivity contribution >= 4 is 11.4 Å². The minimum Gasteiger partial charge on any atom is -0.594 e. The van der Waals surface area contributed by atoms with Gasteiger partial charge in [0.25, 0.3) is 0 Å². The maximum atomic E-state index is 12.2. The van der Waals surface area contributed by atoms with Crippen LogP contribution in [-0.2, 0) is 4.74 Å². The SMILES string of the molecule is CCCCCCOc1ccc(N=[N+]([O-])c2ccc(OCC3CO3)cc2)cc1. The first kappa shape index (κ1) is 19.2. The average Bonchev–Trinajstić information content (AvgIpc) is 3.52. The van der Waals surface area contributed by atoms with E-state index >= 15 is 0 Å². The van der Waals surface area contributed by atoms with Crippen LogP contribution in [0.3, 0.4) is 0 Å². The smallest absolute Gasteiger partial charge is 0.245 e. The van der Waals surface area contributed by atoms with E-state index in [-0.39, 0.29) is 6.10 Å². The summed E-state index contributed by atoms with van der Waals surface area (Å²) < 4.78 is 16.4. The van der Waals surface area contributed by atoms with Gasteiger partial charge >= 0.3 is 0 Å². The Hall–Kier alpha value is -2.60. The second kappa shape index (κ2) is 9.92. The number of ether oxygens (including phenoxy) is 3. The van der Waals surface area contributed by atoms with E-state index in [9.17, 15) is 5.21 Å². The van der Waals surface area contributed by atoms with Crippen molar-refractivity contribution in [1.82, 2.24) is 0 Å². The summed E-state index contributed by atoms with van der Waals surface area (Å²) in [4.78, 5) is 0.606. The summed E-state index contributed by atoms with van der Waals surface area (Å²) in [7, 11) is 0. The third-order valence-electron chi connectivity index (χ3n) is 4.21. The Morgan fingerprint density at radius 1 is 1.00 bits per heavy atom. The second-order valence-electron chi connectivity index (χ2n) is 6.54. The first-order chi connectivity index (χ1) is 13.2. The number of rotatable bonds is 11. The molecule has 0 aliphatic carbocycles. The monoisotopic (exact) mass is 370 g/mol. The summed E-state index contributed by atoms with van der Waals surface area (Å²) in [5.41, 5.74) is 1.02. The maximum absolute atomic E-state index is 12.2. The molecule has 0 bridgehead atoms. The van der Waals surface area contributed by atoms with Crippen LogP contribution in [0.4, 0.5) is 11.4 Å². The Balaban J connectivity index is 1.50. The van der Waals surface area contributed by atoms with Crippen molar-refractivity contribution in [2.45, 2.75) is 38.7 Å². The van der Waals surface area contributed by atoms with Crippen LogP contribution in [0.2, 0.25) is 0 Å². The summed E-state index contributed by atoms with van der Waals surface area (Å²) >= 11 is 0. The molecule has 1 unspecified atom stereocenters. The molecule has 1 heterocycles. The van der Waals surface area contributed by atoms with E-state index in [1.54, 1.807) is 36.4 Å². The normalized spacial score (nSPS) is 16.2. The molecule has 2 aromatic carbocycles. The van der Waals surface area contributed by atoms with E-state index in [4.69, 9.17) is 14.2 Å². The van der Waals surface area contributed by atoms with Crippen LogP contribution in [-0.4, -0.2) is 30.8 Å². The average molecular weight is 370 g/mol. The van der Waals surface area contributed by atoms with Crippen molar-refractivity contribution in [3.63, 3.8) is 0 Å². The minimum absolute atomic E-state index is 0.207. The molecule has 0 aromatic heterocycles. The predicted molar refractivity (Wildman–Crippen MR) is 103 cm³/mol. The van der Waals surface area contributed by atoms with E-state index in [2.05, 4.69) is 12.0 Å². The molecule has 6 heteroatoms. The number of nitrogens with zero attached hydrogens (tertiary/aromatic N) is 2. The highest BCUT2D eigenvalue weighted by atomic mass is 16.6. The molecule has 27 heavy (non-hydrogen) atoms. The van der Waals surface area contributed by atoms with Gasteiger partial charge in [-0.2, -0.15) is 0 Å². The van der Waals surface area contributed by atoms with Crippen molar-refractivity contribution in [2.24, 2.45) is 5.11 Å². The number of azo groups is 1. The highest BCUT2D eigenvalue weighted by Crippen LogP contribution is 2.23. The third kappa shape index (κ3) is 6.57. The lowest BCUT2D eigenvalue weighted by atomic mass is 10.2. The molecular formula is C21H26N2O4. The Labute approximate surface area is 160 Å². The zero-order chi connectivity index (χ0) is 18.9. The van der Waals surface area contributed by atoms with Gasteiger partial charge in [-0.15, -0.1) is 0 Å². The van der Waals surface area contributed by atoms with Crippen LogP contribution in [0.15, 0.2) is 53.6 Å². The molecule has 0 N–H and O–H groups in total. The third-order valence-corrected chi connectivity index (χ3v) is 4.21. The number of hydrogen-bond donors (Lipinski definition) is 0. The molecule has 1 aliphatic rings. The van der Waals surface area contributed by atoms with E-state index in [1.165, 1.54) is 19.3 Å². The summed E-state index contributed by atoms with van der Waals surface area (Å²) in [5.74, 6) is 1.51. The molecule has 144 valence electrons. The second-order valence-corrected chi connectivity index (χ2v) is 6.54. The molecule has 0 amide bonds. The zero-order valence-corrected chi connectivity index (χ0v) is 15.7. The lowest BCUT2D eigenvalue weighted by molar-refractivity contribution is -0.435. The molecule has 1 aliphatic heterocycles. The van der Waals surface area contributed by atoms with E-state index < -0.39 is 0 Å². The van der Waals surface area contributed by atoms with Crippen LogP contribution >= 0.6 is 0 Å². The van der Waals surface area contributed by atoms with Gasteiger partial charge in [-0.25, -0.2) is 0 Å². The van der Waals surface area contributed by atoms with Crippen molar-refractivity contribution in [3.8, 4) is 11.5 Å². The summed E-state index contributed by atoms with van der Waals surface area (Å²) in [5, 5.41) is 16.3. The molecular weight excluding hydrogens is 344 g/mol. The van der Waals surface area contributed by atoms with Crippen molar-refractivity contribution in [3.05, 3.63) is 53.7 Å². The first-order valence-electron chi connectivity index (χ1n) is 9.51. The molecule has 1 saturated heterocycles. The Bertz CT molecular complexity index is 725. The number of unbranched alkanes of at least 4 members (excludes halogenated alkanes) is 3. The van der Waals surface area contributed by atoms with E-state index in [0.717, 1.165) is 18.8 Å². The largest absolute Gasteiger partial charge is 0.594 e. The van der Waals surface area contributed by atoms with Gasteiger partial charge in [-0.05, 0) is 42.8 Å². The van der Waals surface area contributed by atoms with Gasteiger partial charge in [0.05, 0.1) is 13.2 Å². The van der Waals surface area contributed by atoms with Crippen LogP contribution in [0, 0.1) is 5.21 Å². The van der Waals surface area contributed by atoms with Gasteiger partial charge in [0.2, 0.25) is 5.69 Å². The topological polar surface area (TPSA) is 69.4 Å². The fourth-order valence-corrected chi connectivity index (χ4v) is 2.51. The van der Waals surface area contributed by atoms with Gasteiger partial charge in [0, 0.05) is 17.2 Å². The van der Waals surface area contributed by atoms with Crippen molar-refractivity contribution in [2.75, 3.05) is 19.8 Å². The van der Waals surface area contributed by atoms with Crippen molar-refractivity contribution < 1.29 is 19.1 Å². The Morgan fingerprint density at radius 3 is 2.33 bits per heavy atom. The van der Waals surface area contributed by atoms with Gasteiger partial charge in [-0.1, -0.05) is 31.0 Å². The number of hydrogen-bond acceptors (Lipinski definition) is 5. The van der Waals surface area contributed by atoms with E-state index in [0.29, 0.717) is 35.2 Å². The van der Waals surface area contributed by atoms with Crippen LogP contribution < -0.4 is 9.47 Å². The van der Waals surface area contributed by atoms with Crippen LogP contribution in [0.5, 0.6) is 11.5 Å². The lowest BCUT2D eigenvalue weighted by Crippen LogP contribution is -2.03. The molecule has 0 saturated carbocycles. The molecule has 0 radical (unpaired) electrons. The van der Waals surface area contributed by atoms with Gasteiger partial charge in [0.15, 0.2) is 0 Å². The first-order valence-corrected chi connectivity index (χ1v) is 9.51. The summed E-state index contributed by atoms with van der Waals surface area (Å²) in [6, 6.07) is 14.1. The van der Waals surface area contributed by atoms with Gasteiger partial charge < -0.3 is 19.4 Å². The van der Waals surface area contributed by atoms with E-state index in [1.807, 2.05) is 12.1 Å². The predicted octanol–water partition coefficient (Wildman–Crippen LogP) is 5.35. The fourth-order valence-electron chi connectivity index (χ4n) is 2.51. The molecule has 1 atom stereocenters. The molecule has 2 aromatic rings. The molecule has 0 spiro atoms. The summed E-state index contributed by atoms with van der Waals surface area (Å²) in [6.45, 7) is 4.20. The van der Waals surface area contributed by atoms with Gasteiger partial charge in [-0.3, -0.25) is 0 Å². The maximum Gasteiger partial charge on any atom is 0.245 e. The van der Waals surface area contributed by atoms with Crippen LogP contribution in [0.25, 0.3) is 0 Å². The molecule has 6 nitrogen and oxygen atoms in total. The minimum atomic E-state index is 0.207. The number of benzene rings is 2. The highest BCUT2D eigenvalue weighted by Gasteiger charge is 2.23. The Kier molecular flexibility index (Phi) is 7.04. The number of epoxide rings is 1. The van der Waals surface area contributed by atoms with Crippen molar-refractivity contribution in [1.29, 1.82) is 0 Å².